The van der Waals surface area contributed by atoms with E-state index in [1.54, 1.807) is 13.8 Å². The second-order valence-corrected chi connectivity index (χ2v) is 5.50. The van der Waals surface area contributed by atoms with E-state index in [2.05, 4.69) is 6.58 Å². The van der Waals surface area contributed by atoms with Crippen molar-refractivity contribution in [3.8, 4) is 0 Å². The summed E-state index contributed by atoms with van der Waals surface area (Å²) in [5, 5.41) is 10.8. The van der Waals surface area contributed by atoms with E-state index < -0.39 is 23.5 Å². The zero-order chi connectivity index (χ0) is 15.9. The largest absolute Gasteiger partial charge is 0.466 e. The number of rotatable bonds is 7. The van der Waals surface area contributed by atoms with E-state index in [-0.39, 0.29) is 25.2 Å². The van der Waals surface area contributed by atoms with Crippen molar-refractivity contribution in [1.29, 1.82) is 0 Å². The Balaban J connectivity index is 2.84. The van der Waals surface area contributed by atoms with Gasteiger partial charge < -0.3 is 14.6 Å². The van der Waals surface area contributed by atoms with Crippen LogP contribution in [0.3, 0.4) is 0 Å². The maximum absolute atomic E-state index is 12.2. The van der Waals surface area contributed by atoms with Crippen LogP contribution in [0.25, 0.3) is 0 Å². The van der Waals surface area contributed by atoms with Crippen LogP contribution in [0.2, 0.25) is 0 Å². The second kappa shape index (κ2) is 8.17. The normalized spacial score (nSPS) is 18.6. The molecule has 0 aromatic heterocycles. The fourth-order valence-corrected chi connectivity index (χ4v) is 2.81. The van der Waals surface area contributed by atoms with Crippen molar-refractivity contribution < 1.29 is 24.2 Å². The molecule has 0 spiro atoms. The van der Waals surface area contributed by atoms with Gasteiger partial charge in [-0.3, -0.25) is 4.79 Å². The molecule has 5 nitrogen and oxygen atoms in total. The molecule has 1 rings (SSSR count). The highest BCUT2D eigenvalue weighted by Gasteiger charge is 2.43. The predicted octanol–water partition coefficient (Wildman–Crippen LogP) is 2.37. The average Bonchev–Trinajstić information content (AvgIpc) is 2.45. The summed E-state index contributed by atoms with van der Waals surface area (Å²) in [6.07, 6.45) is 3.97. The predicted molar refractivity (Wildman–Crippen MR) is 78.5 cm³/mol. The summed E-state index contributed by atoms with van der Waals surface area (Å²) in [4.78, 5) is 23.9. The Morgan fingerprint density at radius 2 is 1.71 bits per heavy atom. The molecule has 1 atom stereocenters. The molecule has 0 saturated heterocycles. The van der Waals surface area contributed by atoms with Crippen molar-refractivity contribution in [2.45, 2.75) is 58.0 Å². The Morgan fingerprint density at radius 3 is 2.24 bits per heavy atom. The minimum absolute atomic E-state index is 0.0775. The number of ether oxygens (including phenoxy) is 2. The summed E-state index contributed by atoms with van der Waals surface area (Å²) in [6.45, 7) is 7.62. The molecule has 1 fully saturated rings. The Labute approximate surface area is 126 Å². The molecule has 21 heavy (non-hydrogen) atoms. The molecule has 1 aliphatic rings. The molecule has 1 unspecified atom stereocenters. The first-order valence-corrected chi connectivity index (χ1v) is 7.68. The lowest BCUT2D eigenvalue weighted by atomic mass is 9.73. The van der Waals surface area contributed by atoms with Crippen LogP contribution in [0.1, 0.15) is 52.4 Å². The summed E-state index contributed by atoms with van der Waals surface area (Å²) in [7, 11) is 0. The van der Waals surface area contributed by atoms with E-state index in [4.69, 9.17) is 9.47 Å². The quantitative estimate of drug-likeness (QED) is 0.577. The van der Waals surface area contributed by atoms with Crippen molar-refractivity contribution in [2.75, 3.05) is 13.2 Å². The Morgan fingerprint density at radius 1 is 1.14 bits per heavy atom. The number of hydrogen-bond donors (Lipinski definition) is 1. The third-order valence-corrected chi connectivity index (χ3v) is 3.95. The molecular formula is C16H26O5. The first-order valence-electron chi connectivity index (χ1n) is 7.68. The van der Waals surface area contributed by atoms with Gasteiger partial charge in [-0.05, 0) is 33.1 Å². The standard InChI is InChI=1S/C16H26O5/c1-4-20-14(17)12(3)11-13(15(18)21-5-2)16(19)9-7-6-8-10-16/h13,19H,3-11H2,1-2H3. The molecule has 0 radical (unpaired) electrons. The minimum atomic E-state index is -1.11. The minimum Gasteiger partial charge on any atom is -0.466 e. The Hall–Kier alpha value is -1.36. The van der Waals surface area contributed by atoms with Gasteiger partial charge >= 0.3 is 11.9 Å². The molecule has 1 saturated carbocycles. The van der Waals surface area contributed by atoms with Crippen molar-refractivity contribution >= 4 is 11.9 Å². The van der Waals surface area contributed by atoms with Gasteiger partial charge in [0.2, 0.25) is 0 Å². The Kier molecular flexibility index (Phi) is 6.89. The van der Waals surface area contributed by atoms with Gasteiger partial charge in [0.05, 0.1) is 24.7 Å². The van der Waals surface area contributed by atoms with E-state index in [1.807, 2.05) is 0 Å². The first-order chi connectivity index (χ1) is 9.94. The van der Waals surface area contributed by atoms with Crippen molar-refractivity contribution in [2.24, 2.45) is 5.92 Å². The third kappa shape index (κ3) is 4.84. The van der Waals surface area contributed by atoms with Gasteiger partial charge in [-0.25, -0.2) is 4.79 Å². The lowest BCUT2D eigenvalue weighted by molar-refractivity contribution is -0.161. The fourth-order valence-electron chi connectivity index (χ4n) is 2.81. The Bertz CT molecular complexity index is 382. The van der Waals surface area contributed by atoms with Crippen molar-refractivity contribution in [1.82, 2.24) is 0 Å². The van der Waals surface area contributed by atoms with Crippen molar-refractivity contribution in [3.63, 3.8) is 0 Å². The molecular weight excluding hydrogens is 272 g/mol. The highest BCUT2D eigenvalue weighted by molar-refractivity contribution is 5.89. The number of hydrogen-bond acceptors (Lipinski definition) is 5. The van der Waals surface area contributed by atoms with Gasteiger partial charge in [-0.15, -0.1) is 0 Å². The molecule has 1 N–H and O–H groups in total. The summed E-state index contributed by atoms with van der Waals surface area (Å²) in [5.74, 6) is -1.74. The molecule has 0 heterocycles. The van der Waals surface area contributed by atoms with Crippen LogP contribution in [0.15, 0.2) is 12.2 Å². The topological polar surface area (TPSA) is 72.8 Å². The van der Waals surface area contributed by atoms with E-state index in [9.17, 15) is 14.7 Å². The van der Waals surface area contributed by atoms with E-state index in [1.165, 1.54) is 0 Å². The molecule has 120 valence electrons. The average molecular weight is 298 g/mol. The van der Waals surface area contributed by atoms with Crippen LogP contribution in [-0.4, -0.2) is 35.9 Å². The van der Waals surface area contributed by atoms with Crippen LogP contribution in [-0.2, 0) is 19.1 Å². The monoisotopic (exact) mass is 298 g/mol. The number of carbonyl (C=O) groups is 2. The SMILES string of the molecule is C=C(CC(C(=O)OCC)C1(O)CCCCC1)C(=O)OCC. The maximum atomic E-state index is 12.2. The molecule has 0 amide bonds. The number of esters is 2. The molecule has 0 aliphatic heterocycles. The lowest BCUT2D eigenvalue weighted by Crippen LogP contribution is -2.45. The van der Waals surface area contributed by atoms with Crippen LogP contribution in [0, 0.1) is 5.92 Å². The van der Waals surface area contributed by atoms with Gasteiger partial charge in [-0.2, -0.15) is 0 Å². The van der Waals surface area contributed by atoms with Crippen molar-refractivity contribution in [3.05, 3.63) is 12.2 Å². The van der Waals surface area contributed by atoms with E-state index in [0.29, 0.717) is 12.8 Å². The fraction of sp³-hybridized carbons (Fsp3) is 0.750. The summed E-state index contributed by atoms with van der Waals surface area (Å²) >= 11 is 0. The van der Waals surface area contributed by atoms with Crippen LogP contribution >= 0.6 is 0 Å². The van der Waals surface area contributed by atoms with Gasteiger partial charge in [-0.1, -0.05) is 25.8 Å². The zero-order valence-electron chi connectivity index (χ0n) is 13.0. The third-order valence-electron chi connectivity index (χ3n) is 3.95. The van der Waals surface area contributed by atoms with Gasteiger partial charge in [0.1, 0.15) is 0 Å². The molecule has 5 heteroatoms. The van der Waals surface area contributed by atoms with Gasteiger partial charge in [0.15, 0.2) is 0 Å². The molecule has 0 bridgehead atoms. The summed E-state index contributed by atoms with van der Waals surface area (Å²) in [6, 6.07) is 0. The zero-order valence-corrected chi connectivity index (χ0v) is 13.0. The summed E-state index contributed by atoms with van der Waals surface area (Å²) < 4.78 is 9.96. The molecule has 0 aromatic carbocycles. The maximum Gasteiger partial charge on any atom is 0.333 e. The van der Waals surface area contributed by atoms with E-state index in [0.717, 1.165) is 19.3 Å². The molecule has 1 aliphatic carbocycles. The van der Waals surface area contributed by atoms with Crippen LogP contribution < -0.4 is 0 Å². The van der Waals surface area contributed by atoms with Crippen LogP contribution in [0.5, 0.6) is 0 Å². The van der Waals surface area contributed by atoms with E-state index >= 15 is 0 Å². The first kappa shape index (κ1) is 17.7. The number of aliphatic hydroxyl groups is 1. The smallest absolute Gasteiger partial charge is 0.333 e. The molecule has 0 aromatic rings. The van der Waals surface area contributed by atoms with Gasteiger partial charge in [0, 0.05) is 5.57 Å². The highest BCUT2D eigenvalue weighted by atomic mass is 16.5. The number of carbonyl (C=O) groups excluding carboxylic acids is 2. The second-order valence-electron chi connectivity index (χ2n) is 5.50. The van der Waals surface area contributed by atoms with Crippen LogP contribution in [0.4, 0.5) is 0 Å². The summed E-state index contributed by atoms with van der Waals surface area (Å²) in [5.41, 5.74) is -0.908. The van der Waals surface area contributed by atoms with Gasteiger partial charge in [0.25, 0.3) is 0 Å². The highest BCUT2D eigenvalue weighted by Crippen LogP contribution is 2.38. The lowest BCUT2D eigenvalue weighted by Gasteiger charge is -2.38.